The molecule has 2 heterocycles. The molecule has 1 aromatic heterocycles. The van der Waals surface area contributed by atoms with Crippen LogP contribution in [-0.2, 0) is 0 Å². The highest BCUT2D eigenvalue weighted by Crippen LogP contribution is 2.31. The third kappa shape index (κ3) is 2.47. The Kier molecular flexibility index (Phi) is 3.34. The lowest BCUT2D eigenvalue weighted by molar-refractivity contribution is 0.0663. The van der Waals surface area contributed by atoms with E-state index in [1.807, 2.05) is 36.1 Å². The van der Waals surface area contributed by atoms with Crippen molar-refractivity contribution in [1.82, 2.24) is 9.88 Å². The quantitative estimate of drug-likeness (QED) is 0.806. The smallest absolute Gasteiger partial charge is 0.254 e. The maximum atomic E-state index is 12.7. The molecule has 0 radical (unpaired) electrons. The van der Waals surface area contributed by atoms with E-state index in [9.17, 15) is 10.1 Å². The molecule has 1 aliphatic heterocycles. The number of fused-ring (bicyclic) bond motifs is 1. The predicted molar refractivity (Wildman–Crippen MR) is 80.6 cm³/mol. The first kappa shape index (κ1) is 13.6. The first-order chi connectivity index (χ1) is 10.1. The second kappa shape index (κ2) is 5.17. The molecule has 4 nitrogen and oxygen atoms in total. The molecule has 4 heteroatoms. The van der Waals surface area contributed by atoms with Crippen LogP contribution in [0, 0.1) is 16.7 Å². The standard InChI is InChI=1S/C17H17N3O/c1-17(12-18)7-10-20(11-8-17)16(21)14-6-9-19-15-5-3-2-4-13(14)15/h2-6,9H,7-8,10-11H2,1H3. The van der Waals surface area contributed by atoms with Crippen LogP contribution in [0.25, 0.3) is 10.9 Å². The number of piperidine rings is 1. The molecular weight excluding hydrogens is 262 g/mol. The van der Waals surface area contributed by atoms with Crippen molar-refractivity contribution in [2.75, 3.05) is 13.1 Å². The molecule has 0 aliphatic carbocycles. The average molecular weight is 279 g/mol. The molecule has 0 atom stereocenters. The molecule has 1 fully saturated rings. The van der Waals surface area contributed by atoms with Crippen molar-refractivity contribution in [2.24, 2.45) is 5.41 Å². The molecule has 2 aromatic rings. The zero-order valence-electron chi connectivity index (χ0n) is 12.0. The van der Waals surface area contributed by atoms with Crippen molar-refractivity contribution < 1.29 is 4.79 Å². The summed E-state index contributed by atoms with van der Waals surface area (Å²) in [5.41, 5.74) is 1.24. The van der Waals surface area contributed by atoms with Crippen LogP contribution in [0.4, 0.5) is 0 Å². The van der Waals surface area contributed by atoms with E-state index in [1.54, 1.807) is 12.3 Å². The van der Waals surface area contributed by atoms with Crippen molar-refractivity contribution in [2.45, 2.75) is 19.8 Å². The minimum atomic E-state index is -0.295. The molecule has 0 unspecified atom stereocenters. The van der Waals surface area contributed by atoms with Gasteiger partial charge in [0, 0.05) is 24.7 Å². The average Bonchev–Trinajstić information content (AvgIpc) is 2.54. The van der Waals surface area contributed by atoms with E-state index < -0.39 is 0 Å². The SMILES string of the molecule is CC1(C#N)CCN(C(=O)c2ccnc3ccccc23)CC1. The molecule has 21 heavy (non-hydrogen) atoms. The Morgan fingerprint density at radius 1 is 1.29 bits per heavy atom. The Morgan fingerprint density at radius 2 is 2.00 bits per heavy atom. The fourth-order valence-corrected chi connectivity index (χ4v) is 2.77. The van der Waals surface area contributed by atoms with Gasteiger partial charge in [0.15, 0.2) is 0 Å². The second-order valence-electron chi connectivity index (χ2n) is 5.84. The highest BCUT2D eigenvalue weighted by Gasteiger charge is 2.32. The van der Waals surface area contributed by atoms with Gasteiger partial charge in [-0.1, -0.05) is 18.2 Å². The highest BCUT2D eigenvalue weighted by atomic mass is 16.2. The molecule has 1 aliphatic rings. The lowest BCUT2D eigenvalue weighted by Gasteiger charge is -2.35. The van der Waals surface area contributed by atoms with Gasteiger partial charge in [0.25, 0.3) is 5.91 Å². The van der Waals surface area contributed by atoms with Crippen LogP contribution in [-0.4, -0.2) is 28.9 Å². The number of likely N-dealkylation sites (tertiary alicyclic amines) is 1. The third-order valence-corrected chi connectivity index (χ3v) is 4.30. The first-order valence-corrected chi connectivity index (χ1v) is 7.17. The Hall–Kier alpha value is -2.41. The number of rotatable bonds is 1. The maximum Gasteiger partial charge on any atom is 0.254 e. The number of carbonyl (C=O) groups is 1. The minimum Gasteiger partial charge on any atom is -0.339 e. The van der Waals surface area contributed by atoms with Gasteiger partial charge in [-0.15, -0.1) is 0 Å². The summed E-state index contributed by atoms with van der Waals surface area (Å²) in [6, 6.07) is 11.8. The van der Waals surface area contributed by atoms with Crippen LogP contribution in [0.2, 0.25) is 0 Å². The van der Waals surface area contributed by atoms with E-state index in [0.29, 0.717) is 18.7 Å². The van der Waals surface area contributed by atoms with Crippen molar-refractivity contribution >= 4 is 16.8 Å². The fourth-order valence-electron chi connectivity index (χ4n) is 2.77. The summed E-state index contributed by atoms with van der Waals surface area (Å²) in [5, 5.41) is 10.1. The van der Waals surface area contributed by atoms with Gasteiger partial charge in [0.2, 0.25) is 0 Å². The van der Waals surface area contributed by atoms with Gasteiger partial charge in [0.05, 0.1) is 22.6 Å². The zero-order chi connectivity index (χ0) is 14.9. The Bertz CT molecular complexity index is 719. The van der Waals surface area contributed by atoms with E-state index >= 15 is 0 Å². The van der Waals surface area contributed by atoms with Crippen molar-refractivity contribution in [3.63, 3.8) is 0 Å². The number of amides is 1. The van der Waals surface area contributed by atoms with Crippen LogP contribution >= 0.6 is 0 Å². The molecule has 0 spiro atoms. The molecule has 3 rings (SSSR count). The normalized spacial score (nSPS) is 17.4. The number of para-hydroxylation sites is 1. The fraction of sp³-hybridized carbons (Fsp3) is 0.353. The molecule has 1 saturated heterocycles. The van der Waals surface area contributed by atoms with Gasteiger partial charge in [-0.2, -0.15) is 5.26 Å². The van der Waals surface area contributed by atoms with Crippen molar-refractivity contribution in [1.29, 1.82) is 5.26 Å². The molecule has 106 valence electrons. The van der Waals surface area contributed by atoms with Crippen LogP contribution in [0.15, 0.2) is 36.5 Å². The number of pyridine rings is 1. The molecule has 1 aromatic carbocycles. The number of hydrogen-bond donors (Lipinski definition) is 0. The zero-order valence-corrected chi connectivity index (χ0v) is 12.0. The molecule has 0 bridgehead atoms. The van der Waals surface area contributed by atoms with E-state index in [0.717, 1.165) is 23.7 Å². The molecular formula is C17H17N3O. The number of benzene rings is 1. The molecule has 0 N–H and O–H groups in total. The number of nitrogens with zero attached hydrogens (tertiary/aromatic N) is 3. The summed E-state index contributed by atoms with van der Waals surface area (Å²) in [6.07, 6.45) is 3.15. The third-order valence-electron chi connectivity index (χ3n) is 4.30. The van der Waals surface area contributed by atoms with Gasteiger partial charge in [0.1, 0.15) is 0 Å². The number of hydrogen-bond acceptors (Lipinski definition) is 3. The van der Waals surface area contributed by atoms with Gasteiger partial charge in [-0.05, 0) is 31.9 Å². The van der Waals surface area contributed by atoms with Crippen LogP contribution in [0.1, 0.15) is 30.1 Å². The molecule has 1 amide bonds. The largest absolute Gasteiger partial charge is 0.339 e. The van der Waals surface area contributed by atoms with Gasteiger partial charge in [-0.25, -0.2) is 0 Å². The summed E-state index contributed by atoms with van der Waals surface area (Å²) >= 11 is 0. The number of aromatic nitrogens is 1. The minimum absolute atomic E-state index is 0.0357. The van der Waals surface area contributed by atoms with Crippen LogP contribution < -0.4 is 0 Å². The second-order valence-corrected chi connectivity index (χ2v) is 5.84. The summed E-state index contributed by atoms with van der Waals surface area (Å²) in [5.74, 6) is 0.0357. The summed E-state index contributed by atoms with van der Waals surface area (Å²) in [4.78, 5) is 18.9. The first-order valence-electron chi connectivity index (χ1n) is 7.17. The molecule has 0 saturated carbocycles. The Balaban J connectivity index is 1.87. The van der Waals surface area contributed by atoms with Gasteiger partial charge >= 0.3 is 0 Å². The van der Waals surface area contributed by atoms with Crippen molar-refractivity contribution in [3.8, 4) is 6.07 Å². The van der Waals surface area contributed by atoms with Crippen molar-refractivity contribution in [3.05, 3.63) is 42.1 Å². The van der Waals surface area contributed by atoms with Gasteiger partial charge < -0.3 is 4.90 Å². The number of carbonyl (C=O) groups excluding carboxylic acids is 1. The summed E-state index contributed by atoms with van der Waals surface area (Å²) < 4.78 is 0. The summed E-state index contributed by atoms with van der Waals surface area (Å²) in [7, 11) is 0. The topological polar surface area (TPSA) is 57.0 Å². The lowest BCUT2D eigenvalue weighted by atomic mass is 9.82. The van der Waals surface area contributed by atoms with Gasteiger partial charge in [-0.3, -0.25) is 9.78 Å². The van der Waals surface area contributed by atoms with E-state index in [-0.39, 0.29) is 11.3 Å². The monoisotopic (exact) mass is 279 g/mol. The Morgan fingerprint density at radius 3 is 2.71 bits per heavy atom. The van der Waals surface area contributed by atoms with Crippen LogP contribution in [0.3, 0.4) is 0 Å². The van der Waals surface area contributed by atoms with E-state index in [1.165, 1.54) is 0 Å². The lowest BCUT2D eigenvalue weighted by Crippen LogP contribution is -2.41. The van der Waals surface area contributed by atoms with E-state index in [2.05, 4.69) is 11.1 Å². The number of nitriles is 1. The van der Waals surface area contributed by atoms with E-state index in [4.69, 9.17) is 0 Å². The maximum absolute atomic E-state index is 12.7. The van der Waals surface area contributed by atoms with Crippen LogP contribution in [0.5, 0.6) is 0 Å². The predicted octanol–water partition coefficient (Wildman–Crippen LogP) is 3.00. The summed E-state index contributed by atoms with van der Waals surface area (Å²) in [6.45, 7) is 3.25. The Labute approximate surface area is 124 Å². The highest BCUT2D eigenvalue weighted by molar-refractivity contribution is 6.05.